The van der Waals surface area contributed by atoms with Crippen LogP contribution in [0.25, 0.3) is 10.9 Å². The molecule has 0 saturated carbocycles. The van der Waals surface area contributed by atoms with Crippen LogP contribution < -0.4 is 16.2 Å². The lowest BCUT2D eigenvalue weighted by atomic mass is 10.1. The molecule has 0 radical (unpaired) electrons. The lowest BCUT2D eigenvalue weighted by Crippen LogP contribution is -2.35. The number of nitrogens with two attached hydrogens (primary N) is 2. The highest BCUT2D eigenvalue weighted by Crippen LogP contribution is 2.22. The molecule has 12 heteroatoms. The number of carboxylic acid groups (broad SMARTS) is 2. The summed E-state index contributed by atoms with van der Waals surface area (Å²) in [6.07, 6.45) is 0. The molecule has 0 fully saturated rings. The van der Waals surface area contributed by atoms with E-state index in [2.05, 4.69) is 9.98 Å². The first-order chi connectivity index (χ1) is 19.1. The summed E-state index contributed by atoms with van der Waals surface area (Å²) in [6, 6.07) is 19.7. The minimum absolute atomic E-state index is 0.0410. The molecule has 0 saturated heterocycles. The van der Waals surface area contributed by atoms with Gasteiger partial charge in [0.1, 0.15) is 12.3 Å². The van der Waals surface area contributed by atoms with Gasteiger partial charge in [-0.15, -0.1) is 0 Å². The Labute approximate surface area is 227 Å². The number of aromatic carboxylic acids is 1. The molecule has 0 aliphatic heterocycles. The maximum Gasteiger partial charge on any atom is 0.343 e. The lowest BCUT2D eigenvalue weighted by molar-refractivity contribution is -0.137. The number of carbonyl (C=O) groups is 4. The van der Waals surface area contributed by atoms with Gasteiger partial charge in [-0.3, -0.25) is 14.6 Å². The number of hydrogen-bond acceptors (Lipinski definition) is 7. The van der Waals surface area contributed by atoms with Gasteiger partial charge in [-0.1, -0.05) is 12.1 Å². The molecule has 1 amide bonds. The van der Waals surface area contributed by atoms with Gasteiger partial charge in [-0.2, -0.15) is 0 Å². The van der Waals surface area contributed by atoms with Crippen molar-refractivity contribution < 1.29 is 34.1 Å². The van der Waals surface area contributed by atoms with Crippen LogP contribution in [-0.2, 0) is 11.3 Å². The Morgan fingerprint density at radius 1 is 0.850 bits per heavy atom. The number of ether oxygens (including phenoxy) is 1. The largest absolute Gasteiger partial charge is 0.480 e. The van der Waals surface area contributed by atoms with Gasteiger partial charge in [-0.05, 0) is 66.7 Å². The van der Waals surface area contributed by atoms with Crippen molar-refractivity contribution in [3.05, 3.63) is 101 Å². The third-order valence-corrected chi connectivity index (χ3v) is 5.61. The van der Waals surface area contributed by atoms with Crippen LogP contribution in [0.15, 0.2) is 83.9 Å². The first-order valence-electron chi connectivity index (χ1n) is 11.7. The summed E-state index contributed by atoms with van der Waals surface area (Å²) in [5.74, 6) is -3.51. The summed E-state index contributed by atoms with van der Waals surface area (Å²) < 4.78 is 5.46. The summed E-state index contributed by atoms with van der Waals surface area (Å²) in [7, 11) is 0. The van der Waals surface area contributed by atoms with E-state index in [1.807, 2.05) is 0 Å². The van der Waals surface area contributed by atoms with Crippen LogP contribution in [-0.4, -0.2) is 56.4 Å². The minimum Gasteiger partial charge on any atom is -0.480 e. The van der Waals surface area contributed by atoms with Crippen molar-refractivity contribution in [1.82, 2.24) is 9.88 Å². The molecule has 0 aliphatic carbocycles. The van der Waals surface area contributed by atoms with Crippen LogP contribution in [0.2, 0.25) is 0 Å². The van der Waals surface area contributed by atoms with E-state index < -0.39 is 30.4 Å². The predicted molar refractivity (Wildman–Crippen MR) is 144 cm³/mol. The van der Waals surface area contributed by atoms with Crippen LogP contribution in [0, 0.1) is 0 Å². The molecule has 202 valence electrons. The molecule has 4 rings (SSSR count). The molecular formula is C28H23N5O7. The molecule has 6 N–H and O–H groups in total. The lowest BCUT2D eigenvalue weighted by Gasteiger charge is -2.21. The van der Waals surface area contributed by atoms with Crippen molar-refractivity contribution >= 4 is 46.4 Å². The molecule has 0 spiro atoms. The number of guanidine groups is 1. The van der Waals surface area contributed by atoms with Crippen LogP contribution in [0.3, 0.4) is 0 Å². The SMILES string of the molecule is NC(N)=Nc1ccc(C(=O)Oc2ccc3nc(CN(CC(=O)O)C(=O)c4cccc(C(=O)O)c4)ccc3c2)cc1. The normalized spacial score (nSPS) is 10.5. The summed E-state index contributed by atoms with van der Waals surface area (Å²) in [5.41, 5.74) is 12.3. The summed E-state index contributed by atoms with van der Waals surface area (Å²) >= 11 is 0. The average Bonchev–Trinajstić information content (AvgIpc) is 2.92. The Balaban J connectivity index is 1.50. The van der Waals surface area contributed by atoms with Crippen molar-refractivity contribution in [2.75, 3.05) is 6.54 Å². The molecule has 0 bridgehead atoms. The first kappa shape index (κ1) is 27.3. The molecule has 0 atom stereocenters. The quantitative estimate of drug-likeness (QED) is 0.106. The molecule has 0 unspecified atom stereocenters. The molecule has 1 aromatic heterocycles. The van der Waals surface area contributed by atoms with Crippen molar-refractivity contribution in [1.29, 1.82) is 0 Å². The zero-order valence-electron chi connectivity index (χ0n) is 20.9. The third kappa shape index (κ3) is 6.75. The van der Waals surface area contributed by atoms with Gasteiger partial charge in [0.25, 0.3) is 5.91 Å². The Morgan fingerprint density at radius 2 is 1.57 bits per heavy atom. The number of rotatable bonds is 9. The number of aliphatic imine (C=N–C) groups is 1. The monoisotopic (exact) mass is 541 g/mol. The topological polar surface area (TPSA) is 198 Å². The van der Waals surface area contributed by atoms with E-state index >= 15 is 0 Å². The van der Waals surface area contributed by atoms with Gasteiger partial charge in [0.15, 0.2) is 5.96 Å². The zero-order valence-corrected chi connectivity index (χ0v) is 20.9. The number of aliphatic carboxylic acids is 1. The number of esters is 1. The highest BCUT2D eigenvalue weighted by molar-refractivity contribution is 5.98. The number of pyridine rings is 1. The van der Waals surface area contributed by atoms with E-state index in [0.29, 0.717) is 27.8 Å². The summed E-state index contributed by atoms with van der Waals surface area (Å²) in [6.45, 7) is -0.747. The van der Waals surface area contributed by atoms with Crippen molar-refractivity contribution in [2.45, 2.75) is 6.54 Å². The van der Waals surface area contributed by atoms with Gasteiger partial charge in [-0.25, -0.2) is 14.6 Å². The zero-order chi connectivity index (χ0) is 28.8. The van der Waals surface area contributed by atoms with Gasteiger partial charge < -0.3 is 31.3 Å². The fourth-order valence-corrected chi connectivity index (χ4v) is 3.81. The molecule has 40 heavy (non-hydrogen) atoms. The smallest absolute Gasteiger partial charge is 0.343 e. The number of carboxylic acids is 2. The second-order valence-electron chi connectivity index (χ2n) is 8.57. The summed E-state index contributed by atoms with van der Waals surface area (Å²) in [4.78, 5) is 57.7. The second-order valence-corrected chi connectivity index (χ2v) is 8.57. The Morgan fingerprint density at radius 3 is 2.25 bits per heavy atom. The number of nitrogens with zero attached hydrogens (tertiary/aromatic N) is 3. The number of fused-ring (bicyclic) bond motifs is 1. The van der Waals surface area contributed by atoms with E-state index in [0.717, 1.165) is 4.90 Å². The second kappa shape index (κ2) is 11.7. The fourth-order valence-electron chi connectivity index (χ4n) is 3.81. The number of carbonyl (C=O) groups excluding carboxylic acids is 2. The minimum atomic E-state index is -1.24. The highest BCUT2D eigenvalue weighted by atomic mass is 16.5. The third-order valence-electron chi connectivity index (χ3n) is 5.61. The molecule has 12 nitrogen and oxygen atoms in total. The van der Waals surface area contributed by atoms with Gasteiger partial charge in [0.2, 0.25) is 0 Å². The first-order valence-corrected chi connectivity index (χ1v) is 11.7. The molecular weight excluding hydrogens is 518 g/mol. The summed E-state index contributed by atoms with van der Waals surface area (Å²) in [5, 5.41) is 19.2. The number of aromatic nitrogens is 1. The maximum atomic E-state index is 13.0. The van der Waals surface area contributed by atoms with E-state index in [1.165, 1.54) is 36.4 Å². The van der Waals surface area contributed by atoms with Crippen LogP contribution in [0.4, 0.5) is 5.69 Å². The maximum absolute atomic E-state index is 13.0. The van der Waals surface area contributed by atoms with Crippen LogP contribution in [0.1, 0.15) is 36.8 Å². The van der Waals surface area contributed by atoms with Gasteiger partial charge in [0.05, 0.1) is 34.6 Å². The average molecular weight is 542 g/mol. The Hall–Kier alpha value is -5.78. The van der Waals surface area contributed by atoms with Crippen molar-refractivity contribution in [3.63, 3.8) is 0 Å². The van der Waals surface area contributed by atoms with E-state index in [1.54, 1.807) is 42.5 Å². The Kier molecular flexibility index (Phi) is 7.99. The predicted octanol–water partition coefficient (Wildman–Crippen LogP) is 2.78. The van der Waals surface area contributed by atoms with Crippen molar-refractivity contribution in [2.24, 2.45) is 16.5 Å². The van der Waals surface area contributed by atoms with Crippen molar-refractivity contribution in [3.8, 4) is 5.75 Å². The van der Waals surface area contributed by atoms with E-state index in [9.17, 15) is 29.4 Å². The standard InChI is InChI=1S/C28H23N5O7/c29-28(30)32-20-7-4-16(5-8-20)27(39)40-22-10-11-23-17(13-22)6-9-21(31-23)14-33(15-24(34)35)25(36)18-2-1-3-19(12-18)26(37)38/h1-13H,14-15H2,(H,34,35)(H,37,38)(H4,29,30,32). The highest BCUT2D eigenvalue weighted by Gasteiger charge is 2.21. The van der Waals surface area contributed by atoms with Crippen LogP contribution in [0.5, 0.6) is 5.75 Å². The van der Waals surface area contributed by atoms with Gasteiger partial charge >= 0.3 is 17.9 Å². The van der Waals surface area contributed by atoms with E-state index in [4.69, 9.17) is 16.2 Å². The van der Waals surface area contributed by atoms with E-state index in [-0.39, 0.29) is 29.4 Å². The molecule has 0 aliphatic rings. The number of benzene rings is 3. The molecule has 1 heterocycles. The molecule has 3 aromatic carbocycles. The Bertz CT molecular complexity index is 1650. The number of hydrogen-bond donors (Lipinski definition) is 4. The number of amides is 1. The van der Waals surface area contributed by atoms with Crippen LogP contribution >= 0.6 is 0 Å². The van der Waals surface area contributed by atoms with Gasteiger partial charge in [0, 0.05) is 10.9 Å². The molecule has 4 aromatic rings. The fraction of sp³-hybridized carbons (Fsp3) is 0.0714.